The van der Waals surface area contributed by atoms with Crippen LogP contribution in [0.25, 0.3) is 0 Å². The number of carbonyl (C=O) groups is 6. The Balaban J connectivity index is 1.59. The third-order valence-electron chi connectivity index (χ3n) is 9.88. The lowest BCUT2D eigenvalue weighted by Crippen LogP contribution is -2.62. The van der Waals surface area contributed by atoms with E-state index >= 15 is 0 Å². The number of primary amides is 1. The van der Waals surface area contributed by atoms with E-state index in [4.69, 9.17) is 5.73 Å². The zero-order valence-corrected chi connectivity index (χ0v) is 29.0. The fraction of sp³-hybridized carbons (Fsp3) is 0.714. The van der Waals surface area contributed by atoms with Gasteiger partial charge in [-0.1, -0.05) is 66.7 Å². The first-order chi connectivity index (χ1) is 22.7. The molecule has 4 rings (SSSR count). The molecule has 1 saturated heterocycles. The van der Waals surface area contributed by atoms with Crippen molar-refractivity contribution < 1.29 is 28.8 Å². The summed E-state index contributed by atoms with van der Waals surface area (Å²) >= 11 is 0. The Morgan fingerprint density at radius 2 is 1.60 bits per heavy atom. The summed E-state index contributed by atoms with van der Waals surface area (Å²) in [6, 6.07) is -3.86. The zero-order valence-electron chi connectivity index (χ0n) is 29.0. The van der Waals surface area contributed by atoms with Gasteiger partial charge in [0.15, 0.2) is 0 Å². The number of likely N-dealkylation sites (tertiary alicyclic amines) is 1. The predicted octanol–water partition coefficient (Wildman–Crippen LogP) is 2.29. The van der Waals surface area contributed by atoms with Gasteiger partial charge in [-0.2, -0.15) is 0 Å². The van der Waals surface area contributed by atoms with Crippen molar-refractivity contribution in [2.75, 3.05) is 6.54 Å². The van der Waals surface area contributed by atoms with Crippen LogP contribution in [0.15, 0.2) is 18.6 Å². The summed E-state index contributed by atoms with van der Waals surface area (Å²) in [5, 5.41) is 8.64. The predicted molar refractivity (Wildman–Crippen MR) is 178 cm³/mol. The van der Waals surface area contributed by atoms with Crippen LogP contribution >= 0.6 is 0 Å². The van der Waals surface area contributed by atoms with Crippen LogP contribution in [0.5, 0.6) is 0 Å². The van der Waals surface area contributed by atoms with Crippen LogP contribution in [-0.4, -0.2) is 80.9 Å². The van der Waals surface area contributed by atoms with Crippen LogP contribution in [0.1, 0.15) is 109 Å². The fourth-order valence-electron chi connectivity index (χ4n) is 7.20. The van der Waals surface area contributed by atoms with Crippen LogP contribution in [0.2, 0.25) is 0 Å². The van der Waals surface area contributed by atoms with Crippen molar-refractivity contribution in [1.82, 2.24) is 30.8 Å². The molecule has 0 radical (unpaired) electrons. The number of carbonyl (C=O) groups excluding carboxylic acids is 6. The van der Waals surface area contributed by atoms with Crippen molar-refractivity contribution in [3.63, 3.8) is 0 Å². The lowest BCUT2D eigenvalue weighted by atomic mass is 9.82. The standard InChI is InChI=1S/C35H53N7O6/c1-20(2)17-23-13-16-42(27(23)33(47)39-24(18-21-11-12-21)28(43)30(36)44)34(48)29(35(3,4)5)41-32(46)26(22-9-7-6-8-10-22)40-31(45)25-19-37-14-15-38-25/h14-15,19-24,26-27,29H,6-13,16-18H2,1-5H3,(H2,36,44)(H,39,47)(H,40,45)(H,41,46)/t23-,24?,26+,27+,29-/m1/s1. The first-order valence-electron chi connectivity index (χ1n) is 17.5. The SMILES string of the molecule is CC(C)C[C@H]1CCN(C(=O)[C@@H](NC(=O)[C@@H](NC(=O)c2cnccn2)C2CCCCC2)C(C)(C)C)[C@@H]1C(=O)NC(CC1CC1)C(=O)C(N)=O. The number of hydrogen-bond acceptors (Lipinski definition) is 8. The van der Waals surface area contributed by atoms with E-state index in [1.165, 1.54) is 23.5 Å². The molecule has 3 fully saturated rings. The molecular weight excluding hydrogens is 614 g/mol. The second kappa shape index (κ2) is 16.0. The quantitative estimate of drug-likeness (QED) is 0.217. The number of amides is 5. The number of nitrogens with one attached hydrogen (secondary N) is 3. The van der Waals surface area contributed by atoms with Crippen molar-refractivity contribution >= 4 is 35.3 Å². The first kappa shape index (κ1) is 36.9. The lowest BCUT2D eigenvalue weighted by Gasteiger charge is -2.38. The average Bonchev–Trinajstić information content (AvgIpc) is 3.77. The molecule has 1 unspecified atom stereocenters. The van der Waals surface area contributed by atoms with Crippen LogP contribution in [0.3, 0.4) is 0 Å². The van der Waals surface area contributed by atoms with Gasteiger partial charge in [0.05, 0.1) is 12.2 Å². The molecule has 5 amide bonds. The maximum absolute atomic E-state index is 14.5. The molecule has 0 aromatic carbocycles. The molecule has 264 valence electrons. The maximum Gasteiger partial charge on any atom is 0.287 e. The summed E-state index contributed by atoms with van der Waals surface area (Å²) < 4.78 is 0. The summed E-state index contributed by atoms with van der Waals surface area (Å²) in [4.78, 5) is 89.9. The molecule has 2 aliphatic carbocycles. The highest BCUT2D eigenvalue weighted by Gasteiger charge is 2.48. The third kappa shape index (κ3) is 9.59. The second-order valence-electron chi connectivity index (χ2n) is 15.4. The van der Waals surface area contributed by atoms with Gasteiger partial charge in [-0.05, 0) is 61.2 Å². The van der Waals surface area contributed by atoms with Crippen molar-refractivity contribution in [2.24, 2.45) is 34.8 Å². The van der Waals surface area contributed by atoms with E-state index in [1.807, 2.05) is 34.6 Å². The highest BCUT2D eigenvalue weighted by Crippen LogP contribution is 2.36. The third-order valence-corrected chi connectivity index (χ3v) is 9.88. The van der Waals surface area contributed by atoms with E-state index < -0.39 is 64.9 Å². The Hall–Kier alpha value is -3.90. The van der Waals surface area contributed by atoms with Crippen molar-refractivity contribution in [1.29, 1.82) is 0 Å². The molecule has 13 heteroatoms. The van der Waals surface area contributed by atoms with Gasteiger partial charge in [-0.3, -0.25) is 33.8 Å². The van der Waals surface area contributed by atoms with Crippen molar-refractivity contribution in [2.45, 2.75) is 123 Å². The first-order valence-corrected chi connectivity index (χ1v) is 17.5. The molecule has 1 aliphatic heterocycles. The molecule has 0 bridgehead atoms. The molecule has 5 atom stereocenters. The molecule has 0 spiro atoms. The van der Waals surface area contributed by atoms with Gasteiger partial charge in [0.1, 0.15) is 23.8 Å². The van der Waals surface area contributed by atoms with E-state index in [0.717, 1.165) is 44.9 Å². The molecule has 5 N–H and O–H groups in total. The van der Waals surface area contributed by atoms with Gasteiger partial charge in [0.25, 0.3) is 11.8 Å². The van der Waals surface area contributed by atoms with Gasteiger partial charge < -0.3 is 26.6 Å². The average molecular weight is 668 g/mol. The van der Waals surface area contributed by atoms with E-state index in [-0.39, 0.29) is 29.4 Å². The van der Waals surface area contributed by atoms with Gasteiger partial charge in [-0.15, -0.1) is 0 Å². The summed E-state index contributed by atoms with van der Waals surface area (Å²) in [6.07, 6.45) is 12.0. The number of aromatic nitrogens is 2. The molecule has 1 aromatic rings. The Morgan fingerprint density at radius 1 is 0.917 bits per heavy atom. The molecule has 3 aliphatic rings. The summed E-state index contributed by atoms with van der Waals surface area (Å²) in [5.41, 5.74) is 4.66. The summed E-state index contributed by atoms with van der Waals surface area (Å²) in [6.45, 7) is 9.92. The van der Waals surface area contributed by atoms with Gasteiger partial charge in [0.2, 0.25) is 23.5 Å². The minimum absolute atomic E-state index is 0.0893. The molecule has 1 aromatic heterocycles. The highest BCUT2D eigenvalue weighted by molar-refractivity contribution is 6.37. The number of hydrogen-bond donors (Lipinski definition) is 4. The largest absolute Gasteiger partial charge is 0.363 e. The van der Waals surface area contributed by atoms with Crippen LogP contribution in [-0.2, 0) is 24.0 Å². The van der Waals surface area contributed by atoms with Crippen LogP contribution in [0, 0.1) is 29.1 Å². The number of nitrogens with two attached hydrogens (primary N) is 1. The number of nitrogens with zero attached hydrogens (tertiary/aromatic N) is 3. The molecule has 2 saturated carbocycles. The number of rotatable bonds is 14. The smallest absolute Gasteiger partial charge is 0.287 e. The van der Waals surface area contributed by atoms with Crippen LogP contribution in [0.4, 0.5) is 0 Å². The Kier molecular flexibility index (Phi) is 12.3. The monoisotopic (exact) mass is 667 g/mol. The van der Waals surface area contributed by atoms with E-state index in [2.05, 4.69) is 25.9 Å². The molecule has 13 nitrogen and oxygen atoms in total. The Morgan fingerprint density at radius 3 is 2.17 bits per heavy atom. The van der Waals surface area contributed by atoms with Gasteiger partial charge in [0, 0.05) is 18.9 Å². The molecule has 48 heavy (non-hydrogen) atoms. The normalized spacial score (nSPS) is 22.0. The number of Topliss-reactive ketones (excluding diaryl/α,β-unsaturated/α-hetero) is 1. The van der Waals surface area contributed by atoms with E-state index in [0.29, 0.717) is 25.8 Å². The minimum atomic E-state index is -1.10. The second-order valence-corrected chi connectivity index (χ2v) is 15.4. The van der Waals surface area contributed by atoms with E-state index in [9.17, 15) is 28.8 Å². The van der Waals surface area contributed by atoms with E-state index in [1.54, 1.807) is 0 Å². The lowest BCUT2D eigenvalue weighted by molar-refractivity contribution is -0.146. The maximum atomic E-state index is 14.5. The summed E-state index contributed by atoms with van der Waals surface area (Å²) in [7, 11) is 0. The molecular formula is C35H53N7O6. The van der Waals surface area contributed by atoms with Gasteiger partial charge in [-0.25, -0.2) is 4.98 Å². The molecule has 2 heterocycles. The fourth-order valence-corrected chi connectivity index (χ4v) is 7.20. The van der Waals surface area contributed by atoms with Crippen molar-refractivity contribution in [3.05, 3.63) is 24.3 Å². The number of ketones is 1. The summed E-state index contributed by atoms with van der Waals surface area (Å²) in [5.74, 6) is -3.68. The Bertz CT molecular complexity index is 1340. The zero-order chi connectivity index (χ0) is 35.2. The van der Waals surface area contributed by atoms with Gasteiger partial charge >= 0.3 is 0 Å². The van der Waals surface area contributed by atoms with Crippen LogP contribution < -0.4 is 21.7 Å². The minimum Gasteiger partial charge on any atom is -0.363 e. The highest BCUT2D eigenvalue weighted by atomic mass is 16.2. The topological polar surface area (TPSA) is 194 Å². The van der Waals surface area contributed by atoms with Crippen molar-refractivity contribution in [3.8, 4) is 0 Å². The Labute approximate surface area is 283 Å².